The normalized spacial score (nSPS) is 23.5. The number of carbonyl (C=O) groups excluding carboxylic acids is 1. The number of morpholine rings is 1. The van der Waals surface area contributed by atoms with Crippen molar-refractivity contribution in [3.05, 3.63) is 64.7 Å². The third-order valence-corrected chi connectivity index (χ3v) is 5.89. The molecule has 2 fully saturated rings. The smallest absolute Gasteiger partial charge is 0.481 e. The minimum atomic E-state index is -4.87. The van der Waals surface area contributed by atoms with Gasteiger partial charge in [-0.3, -0.25) is 9.59 Å². The van der Waals surface area contributed by atoms with Gasteiger partial charge in [0.2, 0.25) is 0 Å². The van der Waals surface area contributed by atoms with E-state index in [9.17, 15) is 27.9 Å². The maximum atomic E-state index is 13.2. The molecule has 0 spiro atoms. The molecule has 3 atom stereocenters. The number of benzene rings is 2. The summed E-state index contributed by atoms with van der Waals surface area (Å²) in [5.41, 5.74) is 1.01. The minimum absolute atomic E-state index is 0.285. The Balaban J connectivity index is 1.77. The van der Waals surface area contributed by atoms with Crippen LogP contribution in [0, 0.1) is 5.92 Å². The van der Waals surface area contributed by atoms with Gasteiger partial charge in [0.15, 0.2) is 0 Å². The van der Waals surface area contributed by atoms with Crippen molar-refractivity contribution >= 4 is 23.5 Å². The maximum absolute atomic E-state index is 13.2. The van der Waals surface area contributed by atoms with Crippen molar-refractivity contribution in [2.45, 2.75) is 43.9 Å². The lowest BCUT2D eigenvalue weighted by Crippen LogP contribution is -2.52. The average Bonchev–Trinajstić information content (AvgIpc) is 3.54. The van der Waals surface area contributed by atoms with Gasteiger partial charge in [-0.15, -0.1) is 13.2 Å². The zero-order valence-corrected chi connectivity index (χ0v) is 18.1. The summed E-state index contributed by atoms with van der Waals surface area (Å²) in [5, 5.41) is 9.78. The van der Waals surface area contributed by atoms with Gasteiger partial charge in [0, 0.05) is 11.6 Å². The summed E-state index contributed by atoms with van der Waals surface area (Å²) < 4.78 is 48.4. The third kappa shape index (κ3) is 5.78. The van der Waals surface area contributed by atoms with E-state index in [1.165, 1.54) is 18.2 Å². The first kappa shape index (κ1) is 23.4. The standard InChI is InChI=1S/C23H21ClF3NO5/c24-16-8-6-14(7-9-16)20-21(15-2-1-3-17(10-15)33-23(25,26)27)32-18(11-19(29)30)22(31)28(20)12-13-4-5-13/h1-3,6-10,13,18,20-21H,4-5,11-12H2,(H,29,30)/t18-,20+,21+/m0/s1. The second-order valence-corrected chi connectivity index (χ2v) is 8.63. The number of carbonyl (C=O) groups is 2. The first-order chi connectivity index (χ1) is 15.6. The fraction of sp³-hybridized carbons (Fsp3) is 0.391. The molecule has 1 N–H and O–H groups in total. The summed E-state index contributed by atoms with van der Waals surface area (Å²) in [6.45, 7) is 0.404. The molecule has 4 rings (SSSR count). The molecule has 1 aliphatic carbocycles. The van der Waals surface area contributed by atoms with Crippen LogP contribution in [-0.2, 0) is 14.3 Å². The average molecular weight is 484 g/mol. The predicted molar refractivity (Wildman–Crippen MR) is 112 cm³/mol. The topological polar surface area (TPSA) is 76.1 Å². The van der Waals surface area contributed by atoms with Gasteiger partial charge in [-0.05, 0) is 54.2 Å². The second kappa shape index (κ2) is 9.23. The number of rotatable bonds is 7. The highest BCUT2D eigenvalue weighted by Gasteiger charge is 2.46. The SMILES string of the molecule is O=C(O)C[C@@H]1O[C@H](c2cccc(OC(F)(F)F)c2)[C@@H](c2ccc(Cl)cc2)N(CC2CC2)C1=O. The Morgan fingerprint density at radius 1 is 1.15 bits per heavy atom. The number of amides is 1. The molecule has 2 aromatic carbocycles. The molecule has 2 aromatic rings. The van der Waals surface area contributed by atoms with Crippen LogP contribution in [0.5, 0.6) is 5.75 Å². The summed E-state index contributed by atoms with van der Waals surface area (Å²) in [4.78, 5) is 26.2. The van der Waals surface area contributed by atoms with Crippen LogP contribution in [0.4, 0.5) is 13.2 Å². The van der Waals surface area contributed by atoms with Crippen LogP contribution in [0.2, 0.25) is 5.02 Å². The number of carboxylic acid groups (broad SMARTS) is 1. The van der Waals surface area contributed by atoms with Crippen LogP contribution in [0.15, 0.2) is 48.5 Å². The lowest BCUT2D eigenvalue weighted by Gasteiger charge is -2.45. The van der Waals surface area contributed by atoms with Crippen LogP contribution in [0.3, 0.4) is 0 Å². The molecule has 33 heavy (non-hydrogen) atoms. The number of aliphatic carboxylic acids is 1. The fourth-order valence-electron chi connectivity index (χ4n) is 4.04. The molecule has 1 saturated carbocycles. The predicted octanol–water partition coefficient (Wildman–Crippen LogP) is 5.13. The molecular weight excluding hydrogens is 463 g/mol. The summed E-state index contributed by atoms with van der Waals surface area (Å²) in [6.07, 6.45) is -5.71. The molecular formula is C23H21ClF3NO5. The Labute approximate surface area is 192 Å². The van der Waals surface area contributed by atoms with Crippen molar-refractivity contribution in [2.24, 2.45) is 5.92 Å². The number of hydrogen-bond acceptors (Lipinski definition) is 4. The first-order valence-electron chi connectivity index (χ1n) is 10.4. The molecule has 0 unspecified atom stereocenters. The van der Waals surface area contributed by atoms with Crippen LogP contribution >= 0.6 is 11.6 Å². The monoisotopic (exact) mass is 483 g/mol. The molecule has 10 heteroatoms. The van der Waals surface area contributed by atoms with Gasteiger partial charge in [-0.25, -0.2) is 0 Å². The van der Waals surface area contributed by atoms with Gasteiger partial charge in [-0.1, -0.05) is 35.9 Å². The first-order valence-corrected chi connectivity index (χ1v) is 10.8. The van der Waals surface area contributed by atoms with E-state index < -0.39 is 48.7 Å². The number of halogens is 4. The Hall–Kier alpha value is -2.78. The van der Waals surface area contributed by atoms with Crippen molar-refractivity contribution in [1.29, 1.82) is 0 Å². The largest absolute Gasteiger partial charge is 0.573 e. The van der Waals surface area contributed by atoms with E-state index >= 15 is 0 Å². The van der Waals surface area contributed by atoms with E-state index in [1.807, 2.05) is 0 Å². The number of hydrogen-bond donors (Lipinski definition) is 1. The number of carboxylic acids is 1. The van der Waals surface area contributed by atoms with Crippen molar-refractivity contribution in [3.8, 4) is 5.75 Å². The molecule has 1 amide bonds. The summed E-state index contributed by atoms with van der Waals surface area (Å²) in [5.74, 6) is -1.81. The summed E-state index contributed by atoms with van der Waals surface area (Å²) >= 11 is 6.03. The maximum Gasteiger partial charge on any atom is 0.573 e. The molecule has 0 aromatic heterocycles. The van der Waals surface area contributed by atoms with Crippen molar-refractivity contribution < 1.29 is 37.3 Å². The van der Waals surface area contributed by atoms with Gasteiger partial charge in [0.05, 0.1) is 12.5 Å². The van der Waals surface area contributed by atoms with Gasteiger partial charge in [0.1, 0.15) is 18.0 Å². The zero-order valence-electron chi connectivity index (χ0n) is 17.3. The number of alkyl halides is 3. The van der Waals surface area contributed by atoms with E-state index in [0.29, 0.717) is 22.7 Å². The molecule has 2 aliphatic rings. The quantitative estimate of drug-likeness (QED) is 0.590. The Bertz CT molecular complexity index is 1030. The summed E-state index contributed by atoms with van der Waals surface area (Å²) in [7, 11) is 0. The third-order valence-electron chi connectivity index (χ3n) is 5.64. The van der Waals surface area contributed by atoms with Gasteiger partial charge in [0.25, 0.3) is 5.91 Å². The Morgan fingerprint density at radius 2 is 1.85 bits per heavy atom. The molecule has 176 valence electrons. The number of ether oxygens (including phenoxy) is 2. The number of nitrogens with zero attached hydrogens (tertiary/aromatic N) is 1. The summed E-state index contributed by atoms with van der Waals surface area (Å²) in [6, 6.07) is 11.4. The highest BCUT2D eigenvalue weighted by atomic mass is 35.5. The van der Waals surface area contributed by atoms with Gasteiger partial charge < -0.3 is 19.5 Å². The lowest BCUT2D eigenvalue weighted by molar-refractivity contribution is -0.274. The van der Waals surface area contributed by atoms with E-state index in [2.05, 4.69) is 4.74 Å². The fourth-order valence-corrected chi connectivity index (χ4v) is 4.16. The van der Waals surface area contributed by atoms with Crippen LogP contribution in [0.1, 0.15) is 42.5 Å². The molecule has 1 aliphatic heterocycles. The Morgan fingerprint density at radius 3 is 2.45 bits per heavy atom. The van der Waals surface area contributed by atoms with Crippen LogP contribution in [-0.4, -0.2) is 40.9 Å². The molecule has 6 nitrogen and oxygen atoms in total. The zero-order chi connectivity index (χ0) is 23.8. The lowest BCUT2D eigenvalue weighted by atomic mass is 9.90. The Kier molecular flexibility index (Phi) is 6.54. The van der Waals surface area contributed by atoms with Crippen LogP contribution < -0.4 is 4.74 Å². The van der Waals surface area contributed by atoms with E-state index in [4.69, 9.17) is 16.3 Å². The highest BCUT2D eigenvalue weighted by molar-refractivity contribution is 6.30. The molecule has 1 saturated heterocycles. The van der Waals surface area contributed by atoms with Crippen molar-refractivity contribution in [1.82, 2.24) is 4.90 Å². The van der Waals surface area contributed by atoms with Gasteiger partial charge in [-0.2, -0.15) is 0 Å². The molecule has 1 heterocycles. The van der Waals surface area contributed by atoms with Gasteiger partial charge >= 0.3 is 12.3 Å². The highest BCUT2D eigenvalue weighted by Crippen LogP contribution is 2.45. The van der Waals surface area contributed by atoms with Crippen molar-refractivity contribution in [2.75, 3.05) is 6.54 Å². The van der Waals surface area contributed by atoms with Crippen molar-refractivity contribution in [3.63, 3.8) is 0 Å². The minimum Gasteiger partial charge on any atom is -0.481 e. The van der Waals surface area contributed by atoms with E-state index in [1.54, 1.807) is 35.2 Å². The molecule has 0 radical (unpaired) electrons. The van der Waals surface area contributed by atoms with E-state index in [0.717, 1.165) is 12.8 Å². The van der Waals surface area contributed by atoms with Crippen LogP contribution in [0.25, 0.3) is 0 Å². The second-order valence-electron chi connectivity index (χ2n) is 8.19. The van der Waals surface area contributed by atoms with E-state index in [-0.39, 0.29) is 5.92 Å². The molecule has 0 bridgehead atoms.